The number of benzene rings is 1. The summed E-state index contributed by atoms with van der Waals surface area (Å²) in [5.74, 6) is -1.04. The first kappa shape index (κ1) is 19.1. The van der Waals surface area contributed by atoms with Gasteiger partial charge in [-0.25, -0.2) is 9.80 Å². The molecule has 1 fully saturated rings. The molecule has 0 spiro atoms. The van der Waals surface area contributed by atoms with E-state index in [1.165, 1.54) is 18.4 Å². The maximum Gasteiger partial charge on any atom is 0.341 e. The molecule has 1 aliphatic heterocycles. The van der Waals surface area contributed by atoms with Gasteiger partial charge in [0.15, 0.2) is 0 Å². The third kappa shape index (κ3) is 4.01. The highest BCUT2D eigenvalue weighted by Gasteiger charge is 2.36. The summed E-state index contributed by atoms with van der Waals surface area (Å²) in [6, 6.07) is 8.92. The number of amides is 2. The Balaban J connectivity index is 1.80. The molecule has 3 rings (SSSR count). The molecule has 0 unspecified atom stereocenters. The zero-order valence-electron chi connectivity index (χ0n) is 15.4. The summed E-state index contributed by atoms with van der Waals surface area (Å²) in [5, 5.41) is 4.88. The molecule has 1 aromatic heterocycles. The average molecular weight is 387 g/mol. The second kappa shape index (κ2) is 7.89. The molecule has 0 radical (unpaired) electrons. The van der Waals surface area contributed by atoms with Crippen molar-refractivity contribution in [3.05, 3.63) is 51.9 Å². The number of hydrogen-bond donors (Lipinski definition) is 2. The van der Waals surface area contributed by atoms with Crippen LogP contribution in [0.4, 0.5) is 5.00 Å². The van der Waals surface area contributed by atoms with E-state index in [9.17, 15) is 14.4 Å². The topological polar surface area (TPSA) is 87.7 Å². The van der Waals surface area contributed by atoms with Crippen molar-refractivity contribution in [1.29, 1.82) is 0 Å². The van der Waals surface area contributed by atoms with Gasteiger partial charge in [0.05, 0.1) is 19.1 Å². The lowest BCUT2D eigenvalue weighted by atomic mass is 10.1. The van der Waals surface area contributed by atoms with Crippen LogP contribution in [0.15, 0.2) is 30.3 Å². The number of carbonyl (C=O) groups excluding carboxylic acids is 3. The van der Waals surface area contributed by atoms with Gasteiger partial charge in [-0.15, -0.1) is 11.3 Å². The fraction of sp³-hybridized carbons (Fsp3) is 0.316. The number of nitrogens with zero attached hydrogens (tertiary/aromatic N) is 1. The number of rotatable bonds is 5. The third-order valence-corrected chi connectivity index (χ3v) is 5.66. The third-order valence-electron chi connectivity index (χ3n) is 4.53. The van der Waals surface area contributed by atoms with E-state index in [1.54, 1.807) is 5.01 Å². The van der Waals surface area contributed by atoms with Gasteiger partial charge in [-0.05, 0) is 25.0 Å². The van der Waals surface area contributed by atoms with Gasteiger partial charge in [-0.3, -0.25) is 15.0 Å². The van der Waals surface area contributed by atoms with E-state index >= 15 is 0 Å². The maximum absolute atomic E-state index is 12.9. The van der Waals surface area contributed by atoms with Gasteiger partial charge in [-0.1, -0.05) is 30.3 Å². The first-order chi connectivity index (χ1) is 12.9. The Labute approximate surface area is 161 Å². The number of ether oxygens (including phenoxy) is 1. The molecule has 2 amide bonds. The van der Waals surface area contributed by atoms with Crippen LogP contribution in [-0.2, 0) is 20.9 Å². The number of esters is 1. The van der Waals surface area contributed by atoms with Crippen molar-refractivity contribution in [1.82, 2.24) is 10.4 Å². The SMILES string of the molecule is COC(=O)c1c(NC(=O)[C@@H]2CC(=O)NN2Cc2ccccc2)sc(C)c1C. The Kier molecular flexibility index (Phi) is 5.57. The van der Waals surface area contributed by atoms with Crippen molar-refractivity contribution >= 4 is 34.1 Å². The minimum absolute atomic E-state index is 0.0650. The maximum atomic E-state index is 12.9. The minimum Gasteiger partial charge on any atom is -0.465 e. The molecule has 142 valence electrons. The number of methoxy groups -OCH3 is 1. The number of hydrazine groups is 1. The molecule has 2 aromatic rings. The van der Waals surface area contributed by atoms with E-state index in [4.69, 9.17) is 4.74 Å². The number of anilines is 1. The fourth-order valence-electron chi connectivity index (χ4n) is 2.99. The van der Waals surface area contributed by atoms with Gasteiger partial charge in [0.1, 0.15) is 11.0 Å². The summed E-state index contributed by atoms with van der Waals surface area (Å²) in [5.41, 5.74) is 4.85. The highest BCUT2D eigenvalue weighted by molar-refractivity contribution is 7.16. The Morgan fingerprint density at radius 1 is 1.30 bits per heavy atom. The number of carbonyl (C=O) groups is 3. The van der Waals surface area contributed by atoms with Crippen LogP contribution in [-0.4, -0.2) is 35.9 Å². The van der Waals surface area contributed by atoms with Crippen molar-refractivity contribution in [2.45, 2.75) is 32.9 Å². The lowest BCUT2D eigenvalue weighted by Gasteiger charge is -2.22. The van der Waals surface area contributed by atoms with Crippen LogP contribution in [0.1, 0.15) is 32.8 Å². The molecular weight excluding hydrogens is 366 g/mol. The molecule has 2 heterocycles. The second-order valence-electron chi connectivity index (χ2n) is 6.34. The summed E-state index contributed by atoms with van der Waals surface area (Å²) < 4.78 is 4.83. The smallest absolute Gasteiger partial charge is 0.341 e. The van der Waals surface area contributed by atoms with Crippen molar-refractivity contribution in [2.75, 3.05) is 12.4 Å². The molecule has 2 N–H and O–H groups in total. The van der Waals surface area contributed by atoms with E-state index in [0.717, 1.165) is 16.0 Å². The van der Waals surface area contributed by atoms with Crippen molar-refractivity contribution < 1.29 is 19.1 Å². The van der Waals surface area contributed by atoms with Gasteiger partial charge in [0.25, 0.3) is 0 Å². The van der Waals surface area contributed by atoms with Crippen LogP contribution >= 0.6 is 11.3 Å². The molecule has 27 heavy (non-hydrogen) atoms. The summed E-state index contributed by atoms with van der Waals surface area (Å²) in [4.78, 5) is 37.7. The first-order valence-corrected chi connectivity index (χ1v) is 9.31. The zero-order chi connectivity index (χ0) is 19.6. The molecule has 0 saturated carbocycles. The Morgan fingerprint density at radius 3 is 2.67 bits per heavy atom. The summed E-state index contributed by atoms with van der Waals surface area (Å²) >= 11 is 1.32. The molecule has 7 nitrogen and oxygen atoms in total. The minimum atomic E-state index is -0.661. The van der Waals surface area contributed by atoms with Gasteiger partial charge in [-0.2, -0.15) is 0 Å². The molecule has 1 aromatic carbocycles. The summed E-state index contributed by atoms with van der Waals surface area (Å²) in [6.45, 7) is 4.11. The lowest BCUT2D eigenvalue weighted by molar-refractivity contribution is -0.121. The number of nitrogens with one attached hydrogen (secondary N) is 2. The van der Waals surface area contributed by atoms with Crippen LogP contribution in [0.2, 0.25) is 0 Å². The monoisotopic (exact) mass is 387 g/mol. The summed E-state index contributed by atoms with van der Waals surface area (Å²) in [7, 11) is 1.31. The predicted molar refractivity (Wildman–Crippen MR) is 102 cm³/mol. The Morgan fingerprint density at radius 2 is 2.00 bits per heavy atom. The van der Waals surface area contributed by atoms with Gasteiger partial charge < -0.3 is 10.1 Å². The van der Waals surface area contributed by atoms with E-state index in [0.29, 0.717) is 17.1 Å². The van der Waals surface area contributed by atoms with E-state index < -0.39 is 12.0 Å². The Bertz CT molecular complexity index is 879. The lowest BCUT2D eigenvalue weighted by Crippen LogP contribution is -2.43. The fourth-order valence-corrected chi connectivity index (χ4v) is 4.04. The summed E-state index contributed by atoms with van der Waals surface area (Å²) in [6.07, 6.45) is 0.0650. The van der Waals surface area contributed by atoms with E-state index in [1.807, 2.05) is 44.2 Å². The standard InChI is InChI=1S/C19H21N3O4S/c1-11-12(2)27-18(16(11)19(25)26-3)20-17(24)14-9-15(23)21-22(14)10-13-7-5-4-6-8-13/h4-8,14H,9-10H2,1-3H3,(H,20,24)(H,21,23)/t14-/m0/s1. The highest BCUT2D eigenvalue weighted by Crippen LogP contribution is 2.33. The molecule has 0 aliphatic carbocycles. The predicted octanol–water partition coefficient (Wildman–Crippen LogP) is 2.40. The van der Waals surface area contributed by atoms with Crippen LogP contribution in [0.25, 0.3) is 0 Å². The average Bonchev–Trinajstić information content (AvgIpc) is 3.14. The molecule has 1 atom stereocenters. The molecule has 1 aliphatic rings. The highest BCUT2D eigenvalue weighted by atomic mass is 32.1. The number of hydrogen-bond acceptors (Lipinski definition) is 6. The van der Waals surface area contributed by atoms with Gasteiger partial charge in [0.2, 0.25) is 11.8 Å². The van der Waals surface area contributed by atoms with E-state index in [2.05, 4.69) is 10.7 Å². The number of thiophene rings is 1. The van der Waals surface area contributed by atoms with Crippen LogP contribution in [0.3, 0.4) is 0 Å². The normalized spacial score (nSPS) is 16.9. The van der Waals surface area contributed by atoms with Gasteiger partial charge in [0, 0.05) is 11.4 Å². The van der Waals surface area contributed by atoms with Crippen molar-refractivity contribution in [2.24, 2.45) is 0 Å². The Hall–Kier alpha value is -2.71. The molecule has 0 bridgehead atoms. The van der Waals surface area contributed by atoms with Gasteiger partial charge >= 0.3 is 5.97 Å². The quantitative estimate of drug-likeness (QED) is 0.769. The largest absolute Gasteiger partial charge is 0.465 e. The van der Waals surface area contributed by atoms with E-state index in [-0.39, 0.29) is 18.2 Å². The number of aryl methyl sites for hydroxylation is 1. The molecular formula is C19H21N3O4S. The molecule has 8 heteroatoms. The zero-order valence-corrected chi connectivity index (χ0v) is 16.2. The van der Waals surface area contributed by atoms with Crippen LogP contribution < -0.4 is 10.7 Å². The van der Waals surface area contributed by atoms with Crippen molar-refractivity contribution in [3.8, 4) is 0 Å². The van der Waals surface area contributed by atoms with Crippen molar-refractivity contribution in [3.63, 3.8) is 0 Å². The molecule has 1 saturated heterocycles. The second-order valence-corrected chi connectivity index (χ2v) is 7.56. The first-order valence-electron chi connectivity index (χ1n) is 8.50. The van der Waals surface area contributed by atoms with Crippen LogP contribution in [0, 0.1) is 13.8 Å². The van der Waals surface area contributed by atoms with Crippen LogP contribution in [0.5, 0.6) is 0 Å².